The van der Waals surface area contributed by atoms with Crippen LogP contribution in [0.1, 0.15) is 25.3 Å². The fourth-order valence-corrected chi connectivity index (χ4v) is 4.70. The van der Waals surface area contributed by atoms with Crippen LogP contribution >= 0.6 is 22.9 Å². The Bertz CT molecular complexity index is 1100. The first kappa shape index (κ1) is 19.8. The van der Waals surface area contributed by atoms with Gasteiger partial charge in [-0.05, 0) is 30.4 Å². The number of thiazole rings is 1. The number of carbonyl (C=O) groups excluding carboxylic acids is 1. The molecule has 1 atom stereocenters. The Morgan fingerprint density at radius 2 is 2.21 bits per heavy atom. The van der Waals surface area contributed by atoms with Gasteiger partial charge in [0.05, 0.1) is 0 Å². The van der Waals surface area contributed by atoms with Crippen LogP contribution in [0.5, 0.6) is 0 Å². The fraction of sp³-hybridized carbons (Fsp3) is 0.400. The highest BCUT2D eigenvalue weighted by atomic mass is 35.5. The van der Waals surface area contributed by atoms with Crippen molar-refractivity contribution in [3.05, 3.63) is 51.5 Å². The van der Waals surface area contributed by atoms with E-state index in [0.29, 0.717) is 27.8 Å². The van der Waals surface area contributed by atoms with Crippen LogP contribution in [-0.2, 0) is 17.9 Å². The van der Waals surface area contributed by atoms with Crippen molar-refractivity contribution in [3.8, 4) is 0 Å². The summed E-state index contributed by atoms with van der Waals surface area (Å²) in [5.74, 6) is 0.338. The molecule has 0 spiro atoms. The van der Waals surface area contributed by atoms with Crippen molar-refractivity contribution >= 4 is 44.3 Å². The number of benzene rings is 1. The van der Waals surface area contributed by atoms with Crippen LogP contribution in [0.15, 0.2) is 35.4 Å². The SMILES string of the molecule is C[C@@H]1CCCN(c2nc3ncn(CC(=O)NCc4ccccc4Cl)c(=O)c3s2)C1. The molecule has 3 aromatic rings. The number of hydrogen-bond donors (Lipinski definition) is 1. The zero-order valence-electron chi connectivity index (χ0n) is 16.1. The Morgan fingerprint density at radius 1 is 1.38 bits per heavy atom. The first-order valence-electron chi connectivity index (χ1n) is 9.62. The lowest BCUT2D eigenvalue weighted by Crippen LogP contribution is -2.34. The van der Waals surface area contributed by atoms with E-state index in [1.54, 1.807) is 6.07 Å². The molecule has 7 nitrogen and oxygen atoms in total. The van der Waals surface area contributed by atoms with Crippen LogP contribution in [0.3, 0.4) is 0 Å². The summed E-state index contributed by atoms with van der Waals surface area (Å²) in [5, 5.41) is 4.22. The zero-order valence-corrected chi connectivity index (χ0v) is 17.7. The molecule has 1 aliphatic rings. The zero-order chi connectivity index (χ0) is 20.4. The van der Waals surface area contributed by atoms with Gasteiger partial charge in [0.25, 0.3) is 5.56 Å². The normalized spacial score (nSPS) is 16.9. The minimum Gasteiger partial charge on any atom is -0.350 e. The average molecular weight is 432 g/mol. The van der Waals surface area contributed by atoms with Crippen LogP contribution in [0, 0.1) is 5.92 Å². The van der Waals surface area contributed by atoms with E-state index in [2.05, 4.69) is 27.1 Å². The number of nitrogens with zero attached hydrogens (tertiary/aromatic N) is 4. The Kier molecular flexibility index (Phi) is 5.82. The van der Waals surface area contributed by atoms with E-state index in [0.717, 1.165) is 30.2 Å². The third kappa shape index (κ3) is 4.43. The molecule has 4 rings (SSSR count). The molecule has 1 aliphatic heterocycles. The number of amides is 1. The second-order valence-corrected chi connectivity index (χ2v) is 8.77. The molecule has 0 aliphatic carbocycles. The van der Waals surface area contributed by atoms with E-state index in [9.17, 15) is 9.59 Å². The predicted octanol–water partition coefficient (Wildman–Crippen LogP) is 3.06. The monoisotopic (exact) mass is 431 g/mol. The van der Waals surface area contributed by atoms with Crippen LogP contribution in [-0.4, -0.2) is 33.5 Å². The molecular formula is C20H22ClN5O2S. The van der Waals surface area contributed by atoms with Crippen molar-refractivity contribution < 1.29 is 4.79 Å². The lowest BCUT2D eigenvalue weighted by atomic mass is 10.0. The molecule has 0 saturated carbocycles. The highest BCUT2D eigenvalue weighted by Gasteiger charge is 2.21. The molecule has 1 N–H and O–H groups in total. The van der Waals surface area contributed by atoms with Gasteiger partial charge in [-0.2, -0.15) is 4.98 Å². The predicted molar refractivity (Wildman–Crippen MR) is 116 cm³/mol. The summed E-state index contributed by atoms with van der Waals surface area (Å²) in [4.78, 5) is 36.2. The highest BCUT2D eigenvalue weighted by Crippen LogP contribution is 2.29. The summed E-state index contributed by atoms with van der Waals surface area (Å²) in [5.41, 5.74) is 1.03. The minimum absolute atomic E-state index is 0.0970. The Morgan fingerprint density at radius 3 is 3.00 bits per heavy atom. The van der Waals surface area contributed by atoms with Crippen LogP contribution in [0.2, 0.25) is 5.02 Å². The lowest BCUT2D eigenvalue weighted by Gasteiger charge is -2.30. The first-order chi connectivity index (χ1) is 14.0. The maximum atomic E-state index is 12.8. The molecule has 1 fully saturated rings. The van der Waals surface area contributed by atoms with E-state index in [4.69, 9.17) is 11.6 Å². The fourth-order valence-electron chi connectivity index (χ4n) is 3.49. The topological polar surface area (TPSA) is 80.1 Å². The number of fused-ring (bicyclic) bond motifs is 1. The van der Waals surface area contributed by atoms with E-state index < -0.39 is 0 Å². The van der Waals surface area contributed by atoms with Crippen LogP contribution in [0.4, 0.5) is 5.13 Å². The third-order valence-corrected chi connectivity index (χ3v) is 6.51. The van der Waals surface area contributed by atoms with Crippen molar-refractivity contribution in [1.82, 2.24) is 19.9 Å². The summed E-state index contributed by atoms with van der Waals surface area (Å²) >= 11 is 7.46. The van der Waals surface area contributed by atoms with Gasteiger partial charge in [0.2, 0.25) is 5.91 Å². The number of rotatable bonds is 5. The van der Waals surface area contributed by atoms with Gasteiger partial charge in [-0.25, -0.2) is 4.98 Å². The molecule has 0 bridgehead atoms. The summed E-state index contributed by atoms with van der Waals surface area (Å²) in [6, 6.07) is 7.32. The van der Waals surface area contributed by atoms with Gasteiger partial charge >= 0.3 is 0 Å². The number of nitrogens with one attached hydrogen (secondary N) is 1. The van der Waals surface area contributed by atoms with E-state index in [-0.39, 0.29) is 18.0 Å². The lowest BCUT2D eigenvalue weighted by molar-refractivity contribution is -0.121. The first-order valence-corrected chi connectivity index (χ1v) is 10.8. The molecule has 29 heavy (non-hydrogen) atoms. The molecule has 1 amide bonds. The Labute approximate surface area is 177 Å². The largest absolute Gasteiger partial charge is 0.350 e. The second kappa shape index (κ2) is 8.51. The number of carbonyl (C=O) groups is 1. The molecule has 3 heterocycles. The van der Waals surface area contributed by atoms with Gasteiger partial charge < -0.3 is 10.2 Å². The quantitative estimate of drug-likeness (QED) is 0.671. The highest BCUT2D eigenvalue weighted by molar-refractivity contribution is 7.22. The Hall–Kier alpha value is -2.45. The Balaban J connectivity index is 1.48. The number of halogens is 1. The number of anilines is 1. The van der Waals surface area contributed by atoms with Crippen molar-refractivity contribution in [2.75, 3.05) is 18.0 Å². The summed E-state index contributed by atoms with van der Waals surface area (Å²) < 4.78 is 1.81. The van der Waals surface area contributed by atoms with E-state index in [1.807, 2.05) is 18.2 Å². The molecule has 9 heteroatoms. The number of aromatic nitrogens is 3. The molecule has 0 unspecified atom stereocenters. The second-order valence-electron chi connectivity index (χ2n) is 7.39. The maximum Gasteiger partial charge on any atom is 0.273 e. The van der Waals surface area contributed by atoms with Gasteiger partial charge in [-0.15, -0.1) is 0 Å². The van der Waals surface area contributed by atoms with Gasteiger partial charge in [-0.3, -0.25) is 14.2 Å². The summed E-state index contributed by atoms with van der Waals surface area (Å²) in [7, 11) is 0. The van der Waals surface area contributed by atoms with Crippen molar-refractivity contribution in [2.45, 2.75) is 32.9 Å². The average Bonchev–Trinajstić information content (AvgIpc) is 3.15. The molecule has 1 aromatic carbocycles. The van der Waals surface area contributed by atoms with E-state index in [1.165, 1.54) is 28.7 Å². The number of piperidine rings is 1. The van der Waals surface area contributed by atoms with Crippen molar-refractivity contribution in [3.63, 3.8) is 0 Å². The standard InChI is InChI=1S/C20H22ClN5O2S/c1-13-5-4-8-25(10-13)20-24-18-17(29-20)19(28)26(12-23-18)11-16(27)22-9-14-6-2-3-7-15(14)21/h2-3,6-7,12-13H,4-5,8-11H2,1H3,(H,22,27)/t13-/m1/s1. The van der Waals surface area contributed by atoms with Gasteiger partial charge in [-0.1, -0.05) is 48.1 Å². The number of hydrogen-bond acceptors (Lipinski definition) is 6. The van der Waals surface area contributed by atoms with Crippen molar-refractivity contribution in [2.24, 2.45) is 5.92 Å². The van der Waals surface area contributed by atoms with Crippen molar-refractivity contribution in [1.29, 1.82) is 0 Å². The van der Waals surface area contributed by atoms with E-state index >= 15 is 0 Å². The summed E-state index contributed by atoms with van der Waals surface area (Å²) in [6.07, 6.45) is 3.73. The molecule has 0 radical (unpaired) electrons. The molecule has 152 valence electrons. The molecule has 1 saturated heterocycles. The minimum atomic E-state index is -0.275. The summed E-state index contributed by atoms with van der Waals surface area (Å²) in [6.45, 7) is 4.33. The van der Waals surface area contributed by atoms with Crippen LogP contribution in [0.25, 0.3) is 10.3 Å². The van der Waals surface area contributed by atoms with Gasteiger partial charge in [0.1, 0.15) is 17.6 Å². The molecular weight excluding hydrogens is 410 g/mol. The maximum absolute atomic E-state index is 12.8. The smallest absolute Gasteiger partial charge is 0.273 e. The van der Waals surface area contributed by atoms with Gasteiger partial charge in [0, 0.05) is 24.7 Å². The van der Waals surface area contributed by atoms with Gasteiger partial charge in [0.15, 0.2) is 10.8 Å². The third-order valence-electron chi connectivity index (χ3n) is 5.05. The van der Waals surface area contributed by atoms with Crippen LogP contribution < -0.4 is 15.8 Å². The molecule has 2 aromatic heterocycles.